The molecule has 0 fully saturated rings. The predicted octanol–water partition coefficient (Wildman–Crippen LogP) is 4.72. The molecule has 0 unspecified atom stereocenters. The molecule has 3 aromatic rings. The van der Waals surface area contributed by atoms with Gasteiger partial charge in [0.25, 0.3) is 0 Å². The summed E-state index contributed by atoms with van der Waals surface area (Å²) in [5.74, 6) is 0.798. The Morgan fingerprint density at radius 1 is 0.958 bits per heavy atom. The van der Waals surface area contributed by atoms with E-state index in [4.69, 9.17) is 4.74 Å². The van der Waals surface area contributed by atoms with Gasteiger partial charge in [-0.05, 0) is 41.5 Å². The van der Waals surface area contributed by atoms with Crippen LogP contribution in [0.4, 0.5) is 0 Å². The highest BCUT2D eigenvalue weighted by atomic mass is 16.5. The van der Waals surface area contributed by atoms with Gasteiger partial charge in [-0.1, -0.05) is 48.5 Å². The Morgan fingerprint density at radius 2 is 1.71 bits per heavy atom. The number of nitrogens with zero attached hydrogens (tertiary/aromatic N) is 2. The molecule has 0 saturated heterocycles. The van der Waals surface area contributed by atoms with E-state index in [2.05, 4.69) is 11.1 Å². The summed E-state index contributed by atoms with van der Waals surface area (Å²) in [7, 11) is 0. The van der Waals surface area contributed by atoms with Crippen LogP contribution < -0.4 is 4.74 Å². The zero-order valence-corrected chi connectivity index (χ0v) is 13.1. The van der Waals surface area contributed by atoms with Gasteiger partial charge in [-0.25, -0.2) is 0 Å². The Hall–Kier alpha value is -3.38. The van der Waals surface area contributed by atoms with E-state index < -0.39 is 0 Å². The van der Waals surface area contributed by atoms with Crippen LogP contribution in [0.15, 0.2) is 79.0 Å². The van der Waals surface area contributed by atoms with Crippen molar-refractivity contribution >= 4 is 11.6 Å². The standard InChI is InChI=1S/C21H16N2O/c22-15-19(21-8-4-5-13-23-21)14-17-9-11-20(12-10-17)24-16-18-6-2-1-3-7-18/h1-14H,16H2/b19-14+. The van der Waals surface area contributed by atoms with Crippen LogP contribution in [0.1, 0.15) is 16.8 Å². The monoisotopic (exact) mass is 312 g/mol. The molecule has 0 aliphatic heterocycles. The molecular weight excluding hydrogens is 296 g/mol. The molecule has 0 saturated carbocycles. The van der Waals surface area contributed by atoms with Crippen LogP contribution in [0.3, 0.4) is 0 Å². The van der Waals surface area contributed by atoms with Crippen LogP contribution in [0.5, 0.6) is 5.75 Å². The summed E-state index contributed by atoms with van der Waals surface area (Å²) in [6, 6.07) is 25.4. The van der Waals surface area contributed by atoms with Gasteiger partial charge in [0.1, 0.15) is 18.4 Å². The summed E-state index contributed by atoms with van der Waals surface area (Å²) >= 11 is 0. The van der Waals surface area contributed by atoms with Gasteiger partial charge in [-0.3, -0.25) is 4.98 Å². The third kappa shape index (κ3) is 4.08. The maximum absolute atomic E-state index is 9.32. The first-order valence-electron chi connectivity index (χ1n) is 7.65. The van der Waals surface area contributed by atoms with Gasteiger partial charge in [0.2, 0.25) is 0 Å². The van der Waals surface area contributed by atoms with E-state index in [9.17, 15) is 5.26 Å². The Morgan fingerprint density at radius 3 is 2.38 bits per heavy atom. The predicted molar refractivity (Wildman–Crippen MR) is 94.9 cm³/mol. The molecule has 24 heavy (non-hydrogen) atoms. The Labute approximate surface area is 141 Å². The van der Waals surface area contributed by atoms with E-state index in [1.165, 1.54) is 0 Å². The maximum Gasteiger partial charge on any atom is 0.119 e. The van der Waals surface area contributed by atoms with Crippen molar-refractivity contribution in [2.75, 3.05) is 0 Å². The number of allylic oxidation sites excluding steroid dienone is 1. The lowest BCUT2D eigenvalue weighted by Crippen LogP contribution is -1.94. The molecule has 0 N–H and O–H groups in total. The number of hydrogen-bond acceptors (Lipinski definition) is 3. The van der Waals surface area contributed by atoms with Crippen molar-refractivity contribution in [1.29, 1.82) is 5.26 Å². The number of rotatable bonds is 5. The fraction of sp³-hybridized carbons (Fsp3) is 0.0476. The quantitative estimate of drug-likeness (QED) is 0.640. The van der Waals surface area contributed by atoms with E-state index in [1.54, 1.807) is 6.20 Å². The molecule has 1 heterocycles. The molecule has 0 amide bonds. The van der Waals surface area contributed by atoms with E-state index in [1.807, 2.05) is 78.9 Å². The molecule has 3 nitrogen and oxygen atoms in total. The van der Waals surface area contributed by atoms with Crippen LogP contribution in [0.25, 0.3) is 11.6 Å². The smallest absolute Gasteiger partial charge is 0.119 e. The number of hydrogen-bond donors (Lipinski definition) is 0. The Balaban J connectivity index is 1.70. The average Bonchev–Trinajstić information content (AvgIpc) is 2.67. The normalized spacial score (nSPS) is 10.9. The second-order valence-corrected chi connectivity index (χ2v) is 5.23. The second kappa shape index (κ2) is 7.75. The van der Waals surface area contributed by atoms with Gasteiger partial charge in [0.05, 0.1) is 11.3 Å². The van der Waals surface area contributed by atoms with E-state index in [0.29, 0.717) is 17.9 Å². The highest BCUT2D eigenvalue weighted by molar-refractivity contribution is 5.88. The SMILES string of the molecule is N#C/C(=C\c1ccc(OCc2ccccc2)cc1)c1ccccn1. The van der Waals surface area contributed by atoms with Gasteiger partial charge in [-0.2, -0.15) is 5.26 Å². The molecule has 3 rings (SSSR count). The topological polar surface area (TPSA) is 45.9 Å². The first-order valence-corrected chi connectivity index (χ1v) is 7.65. The third-order valence-electron chi connectivity index (χ3n) is 3.50. The molecule has 0 spiro atoms. The summed E-state index contributed by atoms with van der Waals surface area (Å²) < 4.78 is 5.76. The zero-order valence-electron chi connectivity index (χ0n) is 13.1. The molecule has 2 aromatic carbocycles. The maximum atomic E-state index is 9.32. The Bertz CT molecular complexity index is 848. The lowest BCUT2D eigenvalue weighted by atomic mass is 10.1. The first-order chi connectivity index (χ1) is 11.8. The number of nitriles is 1. The van der Waals surface area contributed by atoms with Crippen molar-refractivity contribution in [3.8, 4) is 11.8 Å². The number of ether oxygens (including phenoxy) is 1. The van der Waals surface area contributed by atoms with Crippen molar-refractivity contribution < 1.29 is 4.74 Å². The summed E-state index contributed by atoms with van der Waals surface area (Å²) in [6.45, 7) is 0.535. The van der Waals surface area contributed by atoms with Crippen LogP contribution in [-0.4, -0.2) is 4.98 Å². The van der Waals surface area contributed by atoms with Crippen LogP contribution in [-0.2, 0) is 6.61 Å². The number of aromatic nitrogens is 1. The van der Waals surface area contributed by atoms with Crippen molar-refractivity contribution in [1.82, 2.24) is 4.98 Å². The largest absolute Gasteiger partial charge is 0.489 e. The fourth-order valence-electron chi connectivity index (χ4n) is 2.25. The molecule has 0 bridgehead atoms. The molecule has 0 aliphatic carbocycles. The van der Waals surface area contributed by atoms with Crippen LogP contribution in [0.2, 0.25) is 0 Å². The van der Waals surface area contributed by atoms with Gasteiger partial charge < -0.3 is 4.74 Å². The highest BCUT2D eigenvalue weighted by Crippen LogP contribution is 2.19. The van der Waals surface area contributed by atoms with Crippen molar-refractivity contribution in [2.24, 2.45) is 0 Å². The molecule has 0 radical (unpaired) electrons. The molecule has 0 atom stereocenters. The Kier molecular flexibility index (Phi) is 5.01. The minimum absolute atomic E-state index is 0.535. The van der Waals surface area contributed by atoms with Crippen molar-refractivity contribution in [3.05, 3.63) is 95.8 Å². The van der Waals surface area contributed by atoms with Crippen molar-refractivity contribution in [2.45, 2.75) is 6.61 Å². The van der Waals surface area contributed by atoms with Crippen LogP contribution >= 0.6 is 0 Å². The van der Waals surface area contributed by atoms with Crippen LogP contribution in [0, 0.1) is 11.3 Å². The van der Waals surface area contributed by atoms with E-state index in [-0.39, 0.29) is 0 Å². The summed E-state index contributed by atoms with van der Waals surface area (Å²) in [5, 5.41) is 9.32. The van der Waals surface area contributed by atoms with E-state index >= 15 is 0 Å². The fourth-order valence-corrected chi connectivity index (χ4v) is 2.25. The molecular formula is C21H16N2O. The first kappa shape index (κ1) is 15.5. The van der Waals surface area contributed by atoms with E-state index in [0.717, 1.165) is 16.9 Å². The summed E-state index contributed by atoms with van der Waals surface area (Å²) in [4.78, 5) is 4.21. The summed E-state index contributed by atoms with van der Waals surface area (Å²) in [5.41, 5.74) is 3.27. The lowest BCUT2D eigenvalue weighted by Gasteiger charge is -2.06. The average molecular weight is 312 g/mol. The third-order valence-corrected chi connectivity index (χ3v) is 3.50. The zero-order chi connectivity index (χ0) is 16.6. The lowest BCUT2D eigenvalue weighted by molar-refractivity contribution is 0.306. The highest BCUT2D eigenvalue weighted by Gasteiger charge is 2.02. The van der Waals surface area contributed by atoms with Gasteiger partial charge in [0.15, 0.2) is 0 Å². The minimum atomic E-state index is 0.535. The second-order valence-electron chi connectivity index (χ2n) is 5.23. The van der Waals surface area contributed by atoms with Gasteiger partial charge >= 0.3 is 0 Å². The van der Waals surface area contributed by atoms with Gasteiger partial charge in [-0.15, -0.1) is 0 Å². The number of pyridine rings is 1. The van der Waals surface area contributed by atoms with Crippen molar-refractivity contribution in [3.63, 3.8) is 0 Å². The summed E-state index contributed by atoms with van der Waals surface area (Å²) in [6.07, 6.45) is 3.50. The molecule has 0 aliphatic rings. The molecule has 116 valence electrons. The number of benzene rings is 2. The minimum Gasteiger partial charge on any atom is -0.489 e. The van der Waals surface area contributed by atoms with Gasteiger partial charge in [0, 0.05) is 6.20 Å². The molecule has 1 aromatic heterocycles. The molecule has 3 heteroatoms.